The molecule has 1 heterocycles. The maximum absolute atomic E-state index is 12.6. The van der Waals surface area contributed by atoms with Crippen molar-refractivity contribution in [2.75, 3.05) is 6.54 Å². The van der Waals surface area contributed by atoms with Crippen LogP contribution in [0.25, 0.3) is 0 Å². The molecule has 3 heteroatoms. The summed E-state index contributed by atoms with van der Waals surface area (Å²) in [4.78, 5) is 12.6. The number of nitrogens with one attached hydrogen (secondary N) is 1. The van der Waals surface area contributed by atoms with Crippen LogP contribution in [0.1, 0.15) is 79.1 Å². The predicted octanol–water partition coefficient (Wildman–Crippen LogP) is 5.11. The zero-order chi connectivity index (χ0) is 18.9. The first-order chi connectivity index (χ1) is 12.3. The van der Waals surface area contributed by atoms with E-state index in [1.54, 1.807) is 0 Å². The number of hydrogen-bond acceptors (Lipinski definition) is 3. The molecule has 1 saturated heterocycles. The molecule has 2 saturated carbocycles. The standard InChI is InChI=1S/C23H39NO2/c1-15(2)8-6-10-17(4)24-14-19-18-12-20-16(3)9-7-11-23(20,5)13-21(18)26-22(19)25/h15,17-21,24H,3,6-14H2,1-2,4-5H3/t17-,18-,19-,20+,21-,23-/m1/s1. The molecular formula is C23H39NO2. The number of esters is 1. The molecule has 0 radical (unpaired) electrons. The molecule has 0 unspecified atom stereocenters. The maximum Gasteiger partial charge on any atom is 0.310 e. The normalized spacial score (nSPS) is 38.0. The molecule has 0 aromatic rings. The Kier molecular flexibility index (Phi) is 6.16. The molecule has 0 aromatic heterocycles. The number of allylic oxidation sites excluding steroid dienone is 1. The third-order valence-electron chi connectivity index (χ3n) is 7.42. The van der Waals surface area contributed by atoms with Gasteiger partial charge in [-0.15, -0.1) is 0 Å². The fraction of sp³-hybridized carbons (Fsp3) is 0.870. The van der Waals surface area contributed by atoms with E-state index in [0.717, 1.165) is 25.3 Å². The van der Waals surface area contributed by atoms with Gasteiger partial charge >= 0.3 is 5.97 Å². The van der Waals surface area contributed by atoms with Crippen LogP contribution < -0.4 is 5.32 Å². The highest BCUT2D eigenvalue weighted by atomic mass is 16.6. The monoisotopic (exact) mass is 361 g/mol. The zero-order valence-corrected chi connectivity index (χ0v) is 17.4. The van der Waals surface area contributed by atoms with Crippen LogP contribution in [0.15, 0.2) is 12.2 Å². The highest BCUT2D eigenvalue weighted by Gasteiger charge is 2.54. The minimum Gasteiger partial charge on any atom is -0.462 e. The summed E-state index contributed by atoms with van der Waals surface area (Å²) in [6, 6.07) is 0.471. The summed E-state index contributed by atoms with van der Waals surface area (Å²) in [6.45, 7) is 14.4. The second-order valence-electron chi connectivity index (χ2n) is 10.0. The van der Waals surface area contributed by atoms with Crippen molar-refractivity contribution in [3.8, 4) is 0 Å². The van der Waals surface area contributed by atoms with Gasteiger partial charge in [0.1, 0.15) is 6.10 Å². The second-order valence-corrected chi connectivity index (χ2v) is 10.0. The lowest BCUT2D eigenvalue weighted by molar-refractivity contribution is -0.146. The van der Waals surface area contributed by atoms with Crippen LogP contribution in [0.3, 0.4) is 0 Å². The van der Waals surface area contributed by atoms with E-state index in [1.165, 1.54) is 44.1 Å². The van der Waals surface area contributed by atoms with Gasteiger partial charge in [0.2, 0.25) is 0 Å². The SMILES string of the molecule is C=C1CCC[C@]2(C)C[C@H]3OC(=O)[C@H](CN[C@H](C)CCCC(C)C)[C@H]3C[C@@H]12. The van der Waals surface area contributed by atoms with Crippen LogP contribution in [0.4, 0.5) is 0 Å². The lowest BCUT2D eigenvalue weighted by Gasteiger charge is -2.50. The van der Waals surface area contributed by atoms with Gasteiger partial charge in [0.05, 0.1) is 5.92 Å². The molecule has 0 bridgehead atoms. The van der Waals surface area contributed by atoms with E-state index >= 15 is 0 Å². The molecule has 0 spiro atoms. The first-order valence-electron chi connectivity index (χ1n) is 10.9. The van der Waals surface area contributed by atoms with Crippen molar-refractivity contribution < 1.29 is 9.53 Å². The molecule has 26 heavy (non-hydrogen) atoms. The Morgan fingerprint density at radius 2 is 2.08 bits per heavy atom. The van der Waals surface area contributed by atoms with Crippen LogP contribution in [0.2, 0.25) is 0 Å². The van der Waals surface area contributed by atoms with E-state index in [1.807, 2.05) is 0 Å². The van der Waals surface area contributed by atoms with Crippen molar-refractivity contribution in [3.05, 3.63) is 12.2 Å². The molecule has 3 aliphatic rings. The number of carbonyl (C=O) groups excluding carboxylic acids is 1. The largest absolute Gasteiger partial charge is 0.462 e. The molecule has 3 rings (SSSR count). The average Bonchev–Trinajstić information content (AvgIpc) is 2.84. The van der Waals surface area contributed by atoms with Gasteiger partial charge in [0.25, 0.3) is 0 Å². The molecule has 1 N–H and O–H groups in total. The summed E-state index contributed by atoms with van der Waals surface area (Å²) in [6.07, 6.45) is 9.67. The second kappa shape index (κ2) is 8.04. The van der Waals surface area contributed by atoms with Gasteiger partial charge < -0.3 is 10.1 Å². The molecule has 3 nitrogen and oxygen atoms in total. The van der Waals surface area contributed by atoms with Crippen LogP contribution in [0.5, 0.6) is 0 Å². The van der Waals surface area contributed by atoms with E-state index in [9.17, 15) is 4.79 Å². The van der Waals surface area contributed by atoms with Gasteiger partial charge in [-0.1, -0.05) is 45.8 Å². The lowest BCUT2D eigenvalue weighted by atomic mass is 9.55. The van der Waals surface area contributed by atoms with Gasteiger partial charge in [0, 0.05) is 18.5 Å². The van der Waals surface area contributed by atoms with Crippen molar-refractivity contribution in [3.63, 3.8) is 0 Å². The zero-order valence-electron chi connectivity index (χ0n) is 17.4. The van der Waals surface area contributed by atoms with E-state index in [2.05, 4.69) is 39.6 Å². The molecular weight excluding hydrogens is 322 g/mol. The maximum atomic E-state index is 12.6. The molecule has 0 aromatic carbocycles. The van der Waals surface area contributed by atoms with E-state index in [0.29, 0.717) is 23.3 Å². The third-order valence-corrected chi connectivity index (χ3v) is 7.42. The summed E-state index contributed by atoms with van der Waals surface area (Å²) >= 11 is 0. The predicted molar refractivity (Wildman–Crippen MR) is 107 cm³/mol. The molecule has 148 valence electrons. The Hall–Kier alpha value is -0.830. The van der Waals surface area contributed by atoms with E-state index in [4.69, 9.17) is 4.74 Å². The Balaban J connectivity index is 1.56. The van der Waals surface area contributed by atoms with Crippen molar-refractivity contribution >= 4 is 5.97 Å². The minimum absolute atomic E-state index is 0.0341. The number of hydrogen-bond donors (Lipinski definition) is 1. The summed E-state index contributed by atoms with van der Waals surface area (Å²) in [5.74, 6) is 1.80. The van der Waals surface area contributed by atoms with Gasteiger partial charge in [-0.25, -0.2) is 0 Å². The minimum atomic E-state index is 0.0341. The van der Waals surface area contributed by atoms with Crippen LogP contribution >= 0.6 is 0 Å². The van der Waals surface area contributed by atoms with Crippen molar-refractivity contribution in [1.82, 2.24) is 5.32 Å². The molecule has 3 fully saturated rings. The van der Waals surface area contributed by atoms with Crippen molar-refractivity contribution in [1.29, 1.82) is 0 Å². The van der Waals surface area contributed by atoms with E-state index in [-0.39, 0.29) is 18.0 Å². The van der Waals surface area contributed by atoms with Gasteiger partial charge in [-0.05, 0) is 62.7 Å². The number of carbonyl (C=O) groups is 1. The highest BCUT2D eigenvalue weighted by Crippen LogP contribution is 2.56. The topological polar surface area (TPSA) is 38.3 Å². The summed E-state index contributed by atoms with van der Waals surface area (Å²) in [5, 5.41) is 3.63. The molecule has 2 aliphatic carbocycles. The highest BCUT2D eigenvalue weighted by molar-refractivity contribution is 5.75. The number of rotatable bonds is 7. The van der Waals surface area contributed by atoms with Crippen LogP contribution in [-0.2, 0) is 9.53 Å². The molecule has 1 aliphatic heterocycles. The van der Waals surface area contributed by atoms with Gasteiger partial charge in [0.15, 0.2) is 0 Å². The smallest absolute Gasteiger partial charge is 0.310 e. The number of fused-ring (bicyclic) bond motifs is 2. The average molecular weight is 362 g/mol. The van der Waals surface area contributed by atoms with Gasteiger partial charge in [-0.3, -0.25) is 4.79 Å². The van der Waals surface area contributed by atoms with Crippen molar-refractivity contribution in [2.45, 2.75) is 91.2 Å². The Labute approximate surface area is 160 Å². The fourth-order valence-corrected chi connectivity index (χ4v) is 5.75. The first-order valence-corrected chi connectivity index (χ1v) is 10.9. The lowest BCUT2D eigenvalue weighted by Crippen LogP contribution is -2.45. The fourth-order valence-electron chi connectivity index (χ4n) is 5.75. The summed E-state index contributed by atoms with van der Waals surface area (Å²) in [5.41, 5.74) is 1.72. The van der Waals surface area contributed by atoms with Gasteiger partial charge in [-0.2, -0.15) is 0 Å². The Bertz CT molecular complexity index is 528. The molecule has 0 amide bonds. The molecule has 6 atom stereocenters. The van der Waals surface area contributed by atoms with Crippen LogP contribution in [-0.4, -0.2) is 24.7 Å². The third kappa shape index (κ3) is 4.18. The van der Waals surface area contributed by atoms with Crippen LogP contribution in [0, 0.1) is 29.1 Å². The number of ether oxygens (including phenoxy) is 1. The van der Waals surface area contributed by atoms with E-state index < -0.39 is 0 Å². The summed E-state index contributed by atoms with van der Waals surface area (Å²) < 4.78 is 5.86. The van der Waals surface area contributed by atoms with Crippen molar-refractivity contribution in [2.24, 2.45) is 29.1 Å². The quantitative estimate of drug-likeness (QED) is 0.506. The Morgan fingerprint density at radius 3 is 2.81 bits per heavy atom. The first kappa shape index (κ1) is 19.9. The summed E-state index contributed by atoms with van der Waals surface area (Å²) in [7, 11) is 0. The Morgan fingerprint density at radius 1 is 1.31 bits per heavy atom.